The van der Waals surface area contributed by atoms with E-state index in [-0.39, 0.29) is 66.8 Å². The highest BCUT2D eigenvalue weighted by molar-refractivity contribution is 6.33. The van der Waals surface area contributed by atoms with Gasteiger partial charge in [0.05, 0.1) is 49.0 Å². The normalized spacial score (nSPS) is 20.5. The van der Waals surface area contributed by atoms with E-state index in [1.54, 1.807) is 19.8 Å². The number of benzene rings is 2. The average molecular weight is 890 g/mol. The van der Waals surface area contributed by atoms with Crippen molar-refractivity contribution in [1.29, 1.82) is 0 Å². The van der Waals surface area contributed by atoms with Crippen LogP contribution >= 0.6 is 11.6 Å². The molecule has 19 heteroatoms. The van der Waals surface area contributed by atoms with Gasteiger partial charge in [0.15, 0.2) is 6.10 Å². The number of hydrogen-bond donors (Lipinski definition) is 2. The molecule has 62 heavy (non-hydrogen) atoms. The molecule has 5 aliphatic rings. The Balaban J connectivity index is 0.930. The summed E-state index contributed by atoms with van der Waals surface area (Å²) in [5.74, 6) is -0.431. The van der Waals surface area contributed by atoms with E-state index in [0.29, 0.717) is 97.0 Å². The maximum Gasteiger partial charge on any atom is 0.418 e. The van der Waals surface area contributed by atoms with Crippen molar-refractivity contribution in [3.63, 3.8) is 0 Å². The van der Waals surface area contributed by atoms with E-state index < -0.39 is 41.5 Å². The number of nitrogen functional groups attached to an aromatic ring is 1. The third-order valence-electron chi connectivity index (χ3n) is 12.9. The minimum atomic E-state index is -4.81. The van der Waals surface area contributed by atoms with Crippen molar-refractivity contribution in [2.45, 2.75) is 82.5 Å². The fraction of sp³-hybridized carbons (Fsp3) is 0.605. The molecule has 7 rings (SSSR count). The number of halogens is 4. The molecule has 0 aliphatic carbocycles. The van der Waals surface area contributed by atoms with Gasteiger partial charge >= 0.3 is 24.3 Å². The predicted molar refractivity (Wildman–Crippen MR) is 222 cm³/mol. The molecule has 0 bridgehead atoms. The highest BCUT2D eigenvalue weighted by Gasteiger charge is 2.39. The van der Waals surface area contributed by atoms with Crippen molar-refractivity contribution in [1.82, 2.24) is 24.7 Å². The maximum atomic E-state index is 14.2. The van der Waals surface area contributed by atoms with Crippen LogP contribution in [0.4, 0.5) is 34.1 Å². The summed E-state index contributed by atoms with van der Waals surface area (Å²) >= 11 is 6.15. The smallest absolute Gasteiger partial charge is 0.418 e. The topological polar surface area (TPSA) is 167 Å². The number of carbonyl (C=O) groups is 5. The van der Waals surface area contributed by atoms with Crippen LogP contribution in [0.3, 0.4) is 0 Å². The van der Waals surface area contributed by atoms with E-state index >= 15 is 0 Å². The second kappa shape index (κ2) is 20.1. The summed E-state index contributed by atoms with van der Waals surface area (Å²) in [4.78, 5) is 78.3. The van der Waals surface area contributed by atoms with Crippen molar-refractivity contribution in [2.24, 2.45) is 11.8 Å². The minimum absolute atomic E-state index is 0.00108. The summed E-state index contributed by atoms with van der Waals surface area (Å²) in [6.45, 7) is 4.87. The number of carbonyl (C=O) groups excluding carboxylic acids is 5. The predicted octanol–water partition coefficient (Wildman–Crippen LogP) is 5.59. The van der Waals surface area contributed by atoms with Gasteiger partial charge in [-0.3, -0.25) is 14.4 Å². The molecule has 5 aliphatic heterocycles. The van der Waals surface area contributed by atoms with Gasteiger partial charge in [-0.05, 0) is 86.1 Å². The van der Waals surface area contributed by atoms with Gasteiger partial charge < -0.3 is 45.0 Å². The number of fused-ring (bicyclic) bond motifs is 1. The Kier molecular flexibility index (Phi) is 14.7. The number of alkyl halides is 3. The van der Waals surface area contributed by atoms with E-state index in [0.717, 1.165) is 30.2 Å². The third kappa shape index (κ3) is 11.2. The number of ether oxygens (including phenoxy) is 2. The van der Waals surface area contributed by atoms with Gasteiger partial charge in [-0.25, -0.2) is 9.59 Å². The molecule has 2 aromatic carbocycles. The largest absolute Gasteiger partial charge is 0.436 e. The zero-order valence-electron chi connectivity index (χ0n) is 34.7. The lowest BCUT2D eigenvalue weighted by Gasteiger charge is -2.41. The Morgan fingerprint density at radius 1 is 0.839 bits per heavy atom. The van der Waals surface area contributed by atoms with Crippen molar-refractivity contribution in [3.8, 4) is 0 Å². The van der Waals surface area contributed by atoms with Gasteiger partial charge in [-0.15, -0.1) is 5.06 Å². The fourth-order valence-electron chi connectivity index (χ4n) is 9.32. The van der Waals surface area contributed by atoms with E-state index in [2.05, 4.69) is 5.32 Å². The number of nitrogens with two attached hydrogens (primary N) is 1. The molecule has 4 fully saturated rings. The summed E-state index contributed by atoms with van der Waals surface area (Å²) in [6, 6.07) is 9.41. The highest BCUT2D eigenvalue weighted by atomic mass is 35.5. The monoisotopic (exact) mass is 889 g/mol. The van der Waals surface area contributed by atoms with Crippen molar-refractivity contribution in [3.05, 3.63) is 58.1 Å². The lowest BCUT2D eigenvalue weighted by atomic mass is 9.78. The number of anilines is 2. The molecule has 4 saturated heterocycles. The molecular weight excluding hydrogens is 835 g/mol. The standard InChI is InChI=1S/C43H55ClF3N7O8/c44-34-26-28(25-33(39(34)48)43(45,46)47)27-36(61-42(59)52-18-12-32(13-19-52)54-20-11-31-3-1-2-4-35(31)49-41(54)58)40(57)51-16-9-30(10-17-51)29-7-14-50(15-8-29)37(55)5-6-38(56)62-53-21-23-60-24-22-53/h1-4,25-26,29-30,32,36H,5-24,27,48H2,(H,49,58)/t36-/m1/s1. The van der Waals surface area contributed by atoms with Gasteiger partial charge in [0.1, 0.15) is 0 Å². The zero-order valence-corrected chi connectivity index (χ0v) is 35.5. The number of nitrogens with zero attached hydrogens (tertiary/aromatic N) is 5. The number of para-hydroxylation sites is 1. The number of likely N-dealkylation sites (tertiary alicyclic amines) is 3. The molecule has 15 nitrogen and oxygen atoms in total. The van der Waals surface area contributed by atoms with Gasteiger partial charge in [0.25, 0.3) is 5.91 Å². The van der Waals surface area contributed by atoms with Crippen LogP contribution in [-0.2, 0) is 47.7 Å². The average Bonchev–Trinajstić information content (AvgIpc) is 3.44. The second-order valence-corrected chi connectivity index (χ2v) is 17.2. The molecule has 0 unspecified atom stereocenters. The van der Waals surface area contributed by atoms with E-state index in [1.807, 2.05) is 24.3 Å². The Labute approximate surface area is 363 Å². The van der Waals surface area contributed by atoms with Crippen LogP contribution in [0.5, 0.6) is 0 Å². The van der Waals surface area contributed by atoms with Gasteiger partial charge in [0, 0.05) is 70.4 Å². The van der Waals surface area contributed by atoms with Crippen LogP contribution in [0, 0.1) is 11.8 Å². The van der Waals surface area contributed by atoms with E-state index in [9.17, 15) is 37.1 Å². The van der Waals surface area contributed by atoms with E-state index in [1.165, 1.54) is 11.0 Å². The molecule has 0 spiro atoms. The number of morpholine rings is 1. The van der Waals surface area contributed by atoms with Crippen molar-refractivity contribution in [2.75, 3.05) is 83.2 Å². The Hall–Kier alpha value is -4.81. The molecule has 3 N–H and O–H groups in total. The molecule has 0 saturated carbocycles. The van der Waals surface area contributed by atoms with Gasteiger partial charge in [-0.2, -0.15) is 13.2 Å². The first kappa shape index (κ1) is 45.2. The first-order valence-electron chi connectivity index (χ1n) is 21.6. The number of hydroxylamine groups is 2. The lowest BCUT2D eigenvalue weighted by molar-refractivity contribution is -0.205. The maximum absolute atomic E-state index is 14.2. The number of nitrogens with one attached hydrogen (secondary N) is 1. The number of amides is 5. The Bertz CT molecular complexity index is 1950. The SMILES string of the molecule is Nc1c(Cl)cc(C[C@@H](OC(=O)N2CCC(N3CCc4ccccc4NC3=O)CC2)C(=O)N2CCC(C3CCN(C(=O)CCC(=O)ON4CCOCC4)CC3)CC2)cc1C(F)(F)F. The van der Waals surface area contributed by atoms with Crippen molar-refractivity contribution >= 4 is 52.9 Å². The molecule has 338 valence electrons. The molecular formula is C43H55ClF3N7O8. The molecule has 2 aromatic rings. The molecule has 0 aromatic heterocycles. The first-order chi connectivity index (χ1) is 29.7. The Morgan fingerprint density at radius 3 is 2.13 bits per heavy atom. The third-order valence-corrected chi connectivity index (χ3v) is 13.2. The Morgan fingerprint density at radius 2 is 1.47 bits per heavy atom. The van der Waals surface area contributed by atoms with Crippen LogP contribution in [0.25, 0.3) is 0 Å². The minimum Gasteiger partial charge on any atom is -0.436 e. The quantitative estimate of drug-likeness (QED) is 0.287. The summed E-state index contributed by atoms with van der Waals surface area (Å²) in [5.41, 5.74) is 5.78. The van der Waals surface area contributed by atoms with Crippen LogP contribution < -0.4 is 11.1 Å². The zero-order chi connectivity index (χ0) is 44.0. The molecule has 1 atom stereocenters. The van der Waals surface area contributed by atoms with Crippen LogP contribution in [0.2, 0.25) is 5.02 Å². The number of piperidine rings is 3. The first-order valence-corrected chi connectivity index (χ1v) is 22.0. The van der Waals surface area contributed by atoms with Crippen LogP contribution in [0.15, 0.2) is 36.4 Å². The molecule has 5 amide bonds. The summed E-state index contributed by atoms with van der Waals surface area (Å²) in [6.07, 6.45) is -2.73. The summed E-state index contributed by atoms with van der Waals surface area (Å²) < 4.78 is 53.0. The van der Waals surface area contributed by atoms with Gasteiger partial charge in [0.2, 0.25) is 5.91 Å². The van der Waals surface area contributed by atoms with Gasteiger partial charge in [-0.1, -0.05) is 29.8 Å². The second-order valence-electron chi connectivity index (χ2n) is 16.7. The lowest BCUT2D eigenvalue weighted by Crippen LogP contribution is -2.52. The number of hydrogen-bond acceptors (Lipinski definition) is 10. The van der Waals surface area contributed by atoms with Crippen LogP contribution in [0.1, 0.15) is 68.1 Å². The molecule has 5 heterocycles. The van der Waals surface area contributed by atoms with E-state index in [4.69, 9.17) is 31.6 Å². The number of rotatable bonds is 10. The van der Waals surface area contributed by atoms with Crippen LogP contribution in [-0.4, -0.2) is 139 Å². The summed E-state index contributed by atoms with van der Waals surface area (Å²) in [5, 5.41) is 4.21. The highest BCUT2D eigenvalue weighted by Crippen LogP contribution is 2.39. The summed E-state index contributed by atoms with van der Waals surface area (Å²) in [7, 11) is 0. The number of urea groups is 1. The fourth-order valence-corrected chi connectivity index (χ4v) is 9.57. The van der Waals surface area contributed by atoms with Crippen molar-refractivity contribution < 1.29 is 51.5 Å². The molecule has 0 radical (unpaired) electrons.